The summed E-state index contributed by atoms with van der Waals surface area (Å²) in [5, 5.41) is 9.46. The van der Waals surface area contributed by atoms with E-state index in [4.69, 9.17) is 0 Å². The van der Waals surface area contributed by atoms with Gasteiger partial charge >= 0.3 is 0 Å². The maximum absolute atomic E-state index is 9.46. The minimum atomic E-state index is 0.383. The van der Waals surface area contributed by atoms with Gasteiger partial charge in [0.2, 0.25) is 0 Å². The summed E-state index contributed by atoms with van der Waals surface area (Å²) in [7, 11) is 0. The van der Waals surface area contributed by atoms with E-state index in [-0.39, 0.29) is 0 Å². The number of rotatable bonds is 4. The Morgan fingerprint density at radius 1 is 1.06 bits per heavy atom. The van der Waals surface area contributed by atoms with Crippen molar-refractivity contribution >= 4 is 0 Å². The molecule has 0 amide bonds. The van der Waals surface area contributed by atoms with Gasteiger partial charge in [0, 0.05) is 0 Å². The van der Waals surface area contributed by atoms with E-state index in [1.54, 1.807) is 0 Å². The van der Waals surface area contributed by atoms with Crippen molar-refractivity contribution in [1.29, 1.82) is 0 Å². The molecule has 1 fully saturated rings. The van der Waals surface area contributed by atoms with E-state index in [2.05, 4.69) is 26.0 Å². The molecule has 0 unspecified atom stereocenters. The van der Waals surface area contributed by atoms with Crippen molar-refractivity contribution in [2.45, 2.75) is 64.2 Å². The fourth-order valence-corrected chi connectivity index (χ4v) is 3.29. The lowest BCUT2D eigenvalue weighted by atomic mass is 9.66. The third-order valence-electron chi connectivity index (χ3n) is 4.49. The molecule has 0 bridgehead atoms. The minimum Gasteiger partial charge on any atom is -0.508 e. The molecule has 0 aliphatic heterocycles. The van der Waals surface area contributed by atoms with Crippen LogP contribution in [0.4, 0.5) is 0 Å². The molecule has 1 heteroatoms. The minimum absolute atomic E-state index is 0.383. The molecule has 18 heavy (non-hydrogen) atoms. The van der Waals surface area contributed by atoms with E-state index < -0.39 is 0 Å². The summed E-state index contributed by atoms with van der Waals surface area (Å²) in [6.45, 7) is 4.63. The number of phenolic OH excluding ortho intramolecular Hbond substituents is 1. The molecule has 0 heterocycles. The van der Waals surface area contributed by atoms with Crippen molar-refractivity contribution in [3.8, 4) is 5.75 Å². The standard InChI is InChI=1S/C17H26O/c1-14(2)10-13-17(11-4-3-5-12-17)15-6-8-16(18)9-7-15/h6-9,14,18H,3-5,10-13H2,1-2H3. The van der Waals surface area contributed by atoms with Crippen molar-refractivity contribution in [2.24, 2.45) is 5.92 Å². The van der Waals surface area contributed by atoms with Crippen molar-refractivity contribution in [3.63, 3.8) is 0 Å². The highest BCUT2D eigenvalue weighted by atomic mass is 16.3. The normalized spacial score (nSPS) is 19.1. The topological polar surface area (TPSA) is 20.2 Å². The SMILES string of the molecule is CC(C)CCC1(c2ccc(O)cc2)CCCCC1. The average Bonchev–Trinajstić information content (AvgIpc) is 2.38. The largest absolute Gasteiger partial charge is 0.508 e. The third-order valence-corrected chi connectivity index (χ3v) is 4.49. The first-order valence-electron chi connectivity index (χ1n) is 7.42. The van der Waals surface area contributed by atoms with Gasteiger partial charge in [-0.2, -0.15) is 0 Å². The van der Waals surface area contributed by atoms with Crippen molar-refractivity contribution in [2.75, 3.05) is 0 Å². The van der Waals surface area contributed by atoms with Gasteiger partial charge in [-0.15, -0.1) is 0 Å². The van der Waals surface area contributed by atoms with Crippen molar-refractivity contribution in [3.05, 3.63) is 29.8 Å². The second-order valence-corrected chi connectivity index (χ2v) is 6.32. The number of hydrogen-bond acceptors (Lipinski definition) is 1. The Kier molecular flexibility index (Phi) is 4.31. The summed E-state index contributed by atoms with van der Waals surface area (Å²) in [6.07, 6.45) is 9.37. The van der Waals surface area contributed by atoms with Gasteiger partial charge in [-0.1, -0.05) is 51.7 Å². The first kappa shape index (κ1) is 13.5. The molecule has 100 valence electrons. The van der Waals surface area contributed by atoms with E-state index in [9.17, 15) is 5.11 Å². The van der Waals surface area contributed by atoms with Crippen LogP contribution in [0.2, 0.25) is 0 Å². The molecule has 0 radical (unpaired) electrons. The molecule has 0 spiro atoms. The molecular weight excluding hydrogens is 220 g/mol. The maximum atomic E-state index is 9.46. The molecule has 1 aliphatic carbocycles. The summed E-state index contributed by atoms with van der Waals surface area (Å²) in [6, 6.07) is 7.98. The van der Waals surface area contributed by atoms with Crippen LogP contribution in [-0.2, 0) is 5.41 Å². The van der Waals surface area contributed by atoms with Crippen LogP contribution >= 0.6 is 0 Å². The van der Waals surface area contributed by atoms with Gasteiger partial charge in [-0.3, -0.25) is 0 Å². The molecule has 0 atom stereocenters. The smallest absolute Gasteiger partial charge is 0.115 e. The lowest BCUT2D eigenvalue weighted by molar-refractivity contribution is 0.257. The predicted molar refractivity (Wildman–Crippen MR) is 76.9 cm³/mol. The number of benzene rings is 1. The van der Waals surface area contributed by atoms with Crippen LogP contribution < -0.4 is 0 Å². The van der Waals surface area contributed by atoms with E-state index in [0.717, 1.165) is 5.92 Å². The van der Waals surface area contributed by atoms with Gasteiger partial charge in [-0.05, 0) is 48.3 Å². The first-order valence-corrected chi connectivity index (χ1v) is 7.42. The highest BCUT2D eigenvalue weighted by Crippen LogP contribution is 2.43. The molecule has 1 aromatic carbocycles. The van der Waals surface area contributed by atoms with Gasteiger partial charge in [0.05, 0.1) is 0 Å². The molecule has 0 aromatic heterocycles. The van der Waals surface area contributed by atoms with Crippen LogP contribution in [0.25, 0.3) is 0 Å². The van der Waals surface area contributed by atoms with Crippen LogP contribution in [-0.4, -0.2) is 5.11 Å². The monoisotopic (exact) mass is 246 g/mol. The molecule has 2 rings (SSSR count). The lowest BCUT2D eigenvalue weighted by Gasteiger charge is -2.38. The van der Waals surface area contributed by atoms with Gasteiger partial charge in [-0.25, -0.2) is 0 Å². The summed E-state index contributed by atoms with van der Waals surface area (Å²) in [5.41, 5.74) is 1.83. The number of hydrogen-bond donors (Lipinski definition) is 1. The zero-order valence-corrected chi connectivity index (χ0v) is 11.8. The predicted octanol–water partition coefficient (Wildman–Crippen LogP) is 5.03. The van der Waals surface area contributed by atoms with Crippen LogP contribution in [0.3, 0.4) is 0 Å². The van der Waals surface area contributed by atoms with Gasteiger partial charge < -0.3 is 5.11 Å². The first-order chi connectivity index (χ1) is 8.62. The Labute approximate surface area is 111 Å². The second-order valence-electron chi connectivity index (χ2n) is 6.32. The Balaban J connectivity index is 2.20. The van der Waals surface area contributed by atoms with Crippen LogP contribution in [0.1, 0.15) is 64.4 Å². The molecular formula is C17H26O. The average molecular weight is 246 g/mol. The zero-order chi connectivity index (χ0) is 13.0. The maximum Gasteiger partial charge on any atom is 0.115 e. The molecule has 1 N–H and O–H groups in total. The second kappa shape index (κ2) is 5.77. The van der Waals surface area contributed by atoms with Crippen LogP contribution in [0.5, 0.6) is 5.75 Å². The highest BCUT2D eigenvalue weighted by Gasteiger charge is 2.33. The third kappa shape index (κ3) is 3.07. The van der Waals surface area contributed by atoms with E-state index >= 15 is 0 Å². The van der Waals surface area contributed by atoms with Gasteiger partial charge in [0.1, 0.15) is 5.75 Å². The number of aromatic hydroxyl groups is 1. The quantitative estimate of drug-likeness (QED) is 0.790. The van der Waals surface area contributed by atoms with E-state index in [0.29, 0.717) is 11.2 Å². The molecule has 1 aromatic rings. The fraction of sp³-hybridized carbons (Fsp3) is 0.647. The van der Waals surface area contributed by atoms with Gasteiger partial charge in [0.25, 0.3) is 0 Å². The molecule has 1 aliphatic rings. The zero-order valence-electron chi connectivity index (χ0n) is 11.8. The van der Waals surface area contributed by atoms with Crippen molar-refractivity contribution < 1.29 is 5.11 Å². The Morgan fingerprint density at radius 2 is 1.67 bits per heavy atom. The lowest BCUT2D eigenvalue weighted by Crippen LogP contribution is -2.29. The summed E-state index contributed by atoms with van der Waals surface area (Å²) >= 11 is 0. The van der Waals surface area contributed by atoms with Crippen molar-refractivity contribution in [1.82, 2.24) is 0 Å². The fourth-order valence-electron chi connectivity index (χ4n) is 3.29. The van der Waals surface area contributed by atoms with E-state index in [1.165, 1.54) is 50.5 Å². The Morgan fingerprint density at radius 3 is 2.22 bits per heavy atom. The molecule has 1 nitrogen and oxygen atoms in total. The summed E-state index contributed by atoms with van der Waals surface area (Å²) < 4.78 is 0. The summed E-state index contributed by atoms with van der Waals surface area (Å²) in [4.78, 5) is 0. The van der Waals surface area contributed by atoms with Crippen LogP contribution in [0.15, 0.2) is 24.3 Å². The van der Waals surface area contributed by atoms with Gasteiger partial charge in [0.15, 0.2) is 0 Å². The molecule has 1 saturated carbocycles. The number of phenols is 1. The highest BCUT2D eigenvalue weighted by molar-refractivity contribution is 5.32. The summed E-state index contributed by atoms with van der Waals surface area (Å²) in [5.74, 6) is 1.16. The molecule has 0 saturated heterocycles. The Hall–Kier alpha value is -0.980. The van der Waals surface area contributed by atoms with Crippen LogP contribution in [0, 0.1) is 5.92 Å². The Bertz CT molecular complexity index is 358. The van der Waals surface area contributed by atoms with E-state index in [1.807, 2.05) is 12.1 Å².